The minimum absolute atomic E-state index is 0.0686. The van der Waals surface area contributed by atoms with E-state index in [0.717, 1.165) is 34.8 Å². The van der Waals surface area contributed by atoms with Gasteiger partial charge in [-0.1, -0.05) is 12.8 Å². The van der Waals surface area contributed by atoms with Gasteiger partial charge in [-0.05, 0) is 43.9 Å². The molecule has 1 aliphatic heterocycles. The molecule has 5 nitrogen and oxygen atoms in total. The first-order chi connectivity index (χ1) is 10.7. The molecular weight excluding hydrogens is 282 g/mol. The second-order valence-electron chi connectivity index (χ2n) is 6.26. The van der Waals surface area contributed by atoms with Gasteiger partial charge in [-0.3, -0.25) is 0 Å². The summed E-state index contributed by atoms with van der Waals surface area (Å²) < 4.78 is 10.7. The van der Waals surface area contributed by atoms with Crippen LogP contribution in [-0.4, -0.2) is 25.3 Å². The number of nitrogens with one attached hydrogen (secondary N) is 1. The van der Waals surface area contributed by atoms with Gasteiger partial charge in [-0.15, -0.1) is 0 Å². The van der Waals surface area contributed by atoms with Crippen LogP contribution in [0.1, 0.15) is 44.1 Å². The predicted octanol–water partition coefficient (Wildman–Crippen LogP) is 0.273. The first-order valence-electron chi connectivity index (χ1n) is 8.15. The molecule has 22 heavy (non-hydrogen) atoms. The zero-order chi connectivity index (χ0) is 15.4. The Morgan fingerprint density at radius 1 is 1.14 bits per heavy atom. The molecule has 2 aliphatic rings. The first-order valence-corrected chi connectivity index (χ1v) is 8.15. The summed E-state index contributed by atoms with van der Waals surface area (Å²) in [7, 11) is 0. The minimum Gasteiger partial charge on any atom is -0.544 e. The van der Waals surface area contributed by atoms with Crippen LogP contribution in [0.2, 0.25) is 0 Å². The maximum absolute atomic E-state index is 11.1. The van der Waals surface area contributed by atoms with Gasteiger partial charge in [0, 0.05) is 5.56 Å². The van der Waals surface area contributed by atoms with E-state index in [9.17, 15) is 9.90 Å². The zero-order valence-electron chi connectivity index (χ0n) is 12.8. The standard InChI is InChI=1S/C17H23NO4/c19-17(20)11-18(14-5-3-1-2-4-6-14)10-13-7-8-15-16(9-13)22-12-21-15/h7-9,14H,1-6,10-12H2,(H,19,20). The second kappa shape index (κ2) is 7.01. The summed E-state index contributed by atoms with van der Waals surface area (Å²) in [6, 6.07) is 6.28. The van der Waals surface area contributed by atoms with Crippen LogP contribution in [0.25, 0.3) is 0 Å². The second-order valence-corrected chi connectivity index (χ2v) is 6.26. The van der Waals surface area contributed by atoms with Gasteiger partial charge < -0.3 is 24.3 Å². The van der Waals surface area contributed by atoms with Gasteiger partial charge in [0.1, 0.15) is 13.1 Å². The van der Waals surface area contributed by atoms with Crippen molar-refractivity contribution in [3.63, 3.8) is 0 Å². The third-order valence-electron chi connectivity index (χ3n) is 4.67. The Labute approximate surface area is 130 Å². The van der Waals surface area contributed by atoms with Gasteiger partial charge in [0.05, 0.1) is 12.0 Å². The van der Waals surface area contributed by atoms with E-state index in [2.05, 4.69) is 0 Å². The maximum atomic E-state index is 11.1. The van der Waals surface area contributed by atoms with Crippen molar-refractivity contribution in [2.45, 2.75) is 51.1 Å². The van der Waals surface area contributed by atoms with Gasteiger partial charge in [-0.2, -0.15) is 0 Å². The number of carboxylic acid groups (broad SMARTS) is 1. The molecule has 1 N–H and O–H groups in total. The van der Waals surface area contributed by atoms with Crippen molar-refractivity contribution in [2.24, 2.45) is 0 Å². The van der Waals surface area contributed by atoms with Crippen molar-refractivity contribution in [3.8, 4) is 11.5 Å². The van der Waals surface area contributed by atoms with Crippen LogP contribution in [0.3, 0.4) is 0 Å². The average molecular weight is 305 g/mol. The largest absolute Gasteiger partial charge is 0.544 e. The highest BCUT2D eigenvalue weighted by molar-refractivity contribution is 5.65. The number of hydrogen-bond acceptors (Lipinski definition) is 4. The topological polar surface area (TPSA) is 63.0 Å². The summed E-state index contributed by atoms with van der Waals surface area (Å²) in [5, 5.41) is 11.1. The van der Waals surface area contributed by atoms with Crippen LogP contribution in [0.5, 0.6) is 11.5 Å². The van der Waals surface area contributed by atoms with Gasteiger partial charge in [-0.25, -0.2) is 0 Å². The lowest BCUT2D eigenvalue weighted by atomic mass is 10.1. The van der Waals surface area contributed by atoms with Gasteiger partial charge in [0.15, 0.2) is 11.5 Å². The first kappa shape index (κ1) is 15.2. The van der Waals surface area contributed by atoms with E-state index in [1.807, 2.05) is 18.2 Å². The van der Waals surface area contributed by atoms with Crippen LogP contribution in [-0.2, 0) is 11.3 Å². The number of rotatable bonds is 5. The van der Waals surface area contributed by atoms with Gasteiger partial charge in [0.2, 0.25) is 6.79 Å². The Morgan fingerprint density at radius 3 is 2.59 bits per heavy atom. The number of carbonyl (C=O) groups excluding carboxylic acids is 1. The SMILES string of the molecule is O=C([O-])C[NH+](Cc1ccc2c(c1)OCO2)C1CCCCCC1. The Kier molecular flexibility index (Phi) is 4.83. The summed E-state index contributed by atoms with van der Waals surface area (Å²) in [4.78, 5) is 12.2. The molecule has 1 aromatic rings. The van der Waals surface area contributed by atoms with E-state index in [-0.39, 0.29) is 13.3 Å². The summed E-state index contributed by atoms with van der Waals surface area (Å²) in [5.74, 6) is 0.547. The predicted molar refractivity (Wildman–Crippen MR) is 78.6 cm³/mol. The lowest BCUT2D eigenvalue weighted by molar-refractivity contribution is -0.934. The van der Waals surface area contributed by atoms with Gasteiger partial charge >= 0.3 is 0 Å². The molecule has 1 aliphatic carbocycles. The fourth-order valence-electron chi connectivity index (χ4n) is 3.54. The van der Waals surface area contributed by atoms with E-state index in [4.69, 9.17) is 9.47 Å². The molecule has 0 aromatic heterocycles. The van der Waals surface area contributed by atoms with E-state index in [0.29, 0.717) is 12.6 Å². The Morgan fingerprint density at radius 2 is 1.86 bits per heavy atom. The Bertz CT molecular complexity index is 523. The minimum atomic E-state index is -0.972. The number of carboxylic acids is 1. The van der Waals surface area contributed by atoms with Crippen molar-refractivity contribution in [3.05, 3.63) is 23.8 Å². The molecule has 0 saturated heterocycles. The molecule has 5 heteroatoms. The van der Waals surface area contributed by atoms with Crippen molar-refractivity contribution in [2.75, 3.05) is 13.3 Å². The summed E-state index contributed by atoms with van der Waals surface area (Å²) in [6.45, 7) is 1.02. The highest BCUT2D eigenvalue weighted by Gasteiger charge is 2.24. The molecule has 1 aromatic carbocycles. The Balaban J connectivity index is 1.72. The monoisotopic (exact) mass is 305 g/mol. The molecule has 1 heterocycles. The molecule has 1 fully saturated rings. The molecule has 0 amide bonds. The van der Waals surface area contributed by atoms with Crippen molar-refractivity contribution < 1.29 is 24.3 Å². The van der Waals surface area contributed by atoms with Crippen LogP contribution >= 0.6 is 0 Å². The van der Waals surface area contributed by atoms with E-state index >= 15 is 0 Å². The summed E-state index contributed by atoms with van der Waals surface area (Å²) in [6.07, 6.45) is 7.13. The number of fused-ring (bicyclic) bond motifs is 1. The Hall–Kier alpha value is -1.75. The van der Waals surface area contributed by atoms with E-state index in [1.54, 1.807) is 0 Å². The lowest BCUT2D eigenvalue weighted by Gasteiger charge is -2.28. The zero-order valence-corrected chi connectivity index (χ0v) is 12.8. The van der Waals surface area contributed by atoms with Crippen molar-refractivity contribution in [1.29, 1.82) is 0 Å². The van der Waals surface area contributed by atoms with Crippen LogP contribution in [0, 0.1) is 0 Å². The normalized spacial score (nSPS) is 19.6. The van der Waals surface area contributed by atoms with E-state index in [1.165, 1.54) is 25.7 Å². The molecule has 0 radical (unpaired) electrons. The number of carbonyl (C=O) groups is 1. The van der Waals surface area contributed by atoms with Crippen molar-refractivity contribution >= 4 is 5.97 Å². The number of quaternary nitrogens is 1. The van der Waals surface area contributed by atoms with Crippen LogP contribution in [0.4, 0.5) is 0 Å². The molecular formula is C17H23NO4. The molecule has 3 rings (SSSR count). The van der Waals surface area contributed by atoms with Crippen molar-refractivity contribution in [1.82, 2.24) is 0 Å². The smallest absolute Gasteiger partial charge is 0.231 e. The van der Waals surface area contributed by atoms with Crippen LogP contribution in [0.15, 0.2) is 18.2 Å². The fraction of sp³-hybridized carbons (Fsp3) is 0.588. The highest BCUT2D eigenvalue weighted by Crippen LogP contribution is 2.32. The van der Waals surface area contributed by atoms with Crippen LogP contribution < -0.4 is 19.5 Å². The number of ether oxygens (including phenoxy) is 2. The molecule has 1 saturated carbocycles. The molecule has 1 unspecified atom stereocenters. The molecule has 120 valence electrons. The molecule has 1 atom stereocenters. The lowest BCUT2D eigenvalue weighted by Crippen LogP contribution is -3.15. The number of hydrogen-bond donors (Lipinski definition) is 1. The average Bonchev–Trinajstić information content (AvgIpc) is 2.78. The third kappa shape index (κ3) is 3.71. The summed E-state index contributed by atoms with van der Waals surface area (Å²) >= 11 is 0. The summed E-state index contributed by atoms with van der Waals surface area (Å²) in [5.41, 5.74) is 1.09. The quantitative estimate of drug-likeness (QED) is 0.793. The maximum Gasteiger partial charge on any atom is 0.231 e. The molecule has 0 bridgehead atoms. The number of benzene rings is 1. The third-order valence-corrected chi connectivity index (χ3v) is 4.67. The molecule has 0 spiro atoms. The fourth-order valence-corrected chi connectivity index (χ4v) is 3.54. The van der Waals surface area contributed by atoms with E-state index < -0.39 is 5.97 Å². The van der Waals surface area contributed by atoms with Gasteiger partial charge in [0.25, 0.3) is 0 Å². The number of aliphatic carboxylic acids is 1. The highest BCUT2D eigenvalue weighted by atomic mass is 16.7.